The van der Waals surface area contributed by atoms with Crippen LogP contribution in [0.2, 0.25) is 0 Å². The van der Waals surface area contributed by atoms with E-state index in [4.69, 9.17) is 16.3 Å². The molecule has 2 aromatic rings. The van der Waals surface area contributed by atoms with E-state index in [2.05, 4.69) is 10.3 Å². The van der Waals surface area contributed by atoms with Gasteiger partial charge in [-0.2, -0.15) is 0 Å². The van der Waals surface area contributed by atoms with Crippen LogP contribution in [0.5, 0.6) is 0 Å². The lowest BCUT2D eigenvalue weighted by atomic mass is 9.96. The van der Waals surface area contributed by atoms with Crippen LogP contribution < -0.4 is 5.32 Å². The molecule has 2 amide bonds. The fourth-order valence-electron chi connectivity index (χ4n) is 5.15. The molecule has 2 aliphatic heterocycles. The number of thiophene rings is 1. The number of carbonyl (C=O) groups is 2. The molecule has 1 aliphatic carbocycles. The number of fused-ring (bicyclic) bond motifs is 1. The number of hydrogen-bond donors (Lipinski definition) is 1. The van der Waals surface area contributed by atoms with Gasteiger partial charge in [0.25, 0.3) is 5.91 Å². The number of hydrogen-bond acceptors (Lipinski definition) is 5. The molecule has 31 heavy (non-hydrogen) atoms. The number of aromatic nitrogens is 1. The molecule has 3 fully saturated rings. The molecule has 4 heterocycles. The highest BCUT2D eigenvalue weighted by molar-refractivity contribution is 7.17. The third-order valence-corrected chi connectivity index (χ3v) is 8.23. The van der Waals surface area contributed by atoms with E-state index in [1.165, 1.54) is 11.3 Å². The van der Waals surface area contributed by atoms with E-state index < -0.39 is 6.04 Å². The first kappa shape index (κ1) is 20.9. The maximum Gasteiger partial charge on any atom is 0.262 e. The van der Waals surface area contributed by atoms with E-state index in [-0.39, 0.29) is 35.3 Å². The summed E-state index contributed by atoms with van der Waals surface area (Å²) in [6.07, 6.45) is 8.36. The Morgan fingerprint density at radius 2 is 2.06 bits per heavy atom. The zero-order valence-corrected chi connectivity index (χ0v) is 18.8. The van der Waals surface area contributed by atoms with Crippen molar-refractivity contribution in [3.63, 3.8) is 0 Å². The van der Waals surface area contributed by atoms with E-state index in [1.54, 1.807) is 12.4 Å². The Morgan fingerprint density at radius 1 is 1.23 bits per heavy atom. The van der Waals surface area contributed by atoms with Gasteiger partial charge in [0.15, 0.2) is 0 Å². The predicted octanol–water partition coefficient (Wildman–Crippen LogP) is 3.71. The number of nitrogens with one attached hydrogen (secondary N) is 1. The van der Waals surface area contributed by atoms with Crippen molar-refractivity contribution in [2.24, 2.45) is 5.92 Å². The molecule has 0 radical (unpaired) electrons. The van der Waals surface area contributed by atoms with Crippen molar-refractivity contribution in [3.8, 4) is 10.4 Å². The molecular formula is C23H26ClN3O3S. The van der Waals surface area contributed by atoms with Gasteiger partial charge in [-0.1, -0.05) is 18.9 Å². The van der Waals surface area contributed by atoms with Crippen molar-refractivity contribution in [2.45, 2.75) is 55.7 Å². The van der Waals surface area contributed by atoms with Gasteiger partial charge in [0.1, 0.15) is 6.04 Å². The van der Waals surface area contributed by atoms with Gasteiger partial charge in [0.05, 0.1) is 22.4 Å². The minimum Gasteiger partial charge on any atom is -0.374 e. The Hall–Kier alpha value is -1.96. The number of nitrogens with zero attached hydrogens (tertiary/aromatic N) is 2. The highest BCUT2D eigenvalue weighted by Crippen LogP contribution is 2.36. The standard InChI is InChI=1S/C23H26ClN3O3S/c24-16-13-27(17-9-11-30-21(16)17)23(29)20(14-4-1-2-5-14)26-22(28)19-8-7-18(31-19)15-6-3-10-25-12-15/h3,6-8,10,12,14,16-17,20-21H,1-2,4-5,9,11,13H2,(H,26,28)/t16-,17+,20-,21+/m0/s1. The molecule has 4 atom stereocenters. The summed E-state index contributed by atoms with van der Waals surface area (Å²) in [7, 11) is 0. The molecule has 0 unspecified atom stereocenters. The maximum atomic E-state index is 13.6. The normalized spacial score (nSPS) is 26.7. The van der Waals surface area contributed by atoms with Gasteiger partial charge in [0, 0.05) is 36.0 Å². The molecule has 0 bridgehead atoms. The van der Waals surface area contributed by atoms with Crippen LogP contribution in [-0.4, -0.2) is 58.4 Å². The summed E-state index contributed by atoms with van der Waals surface area (Å²) in [4.78, 5) is 34.3. The lowest BCUT2D eigenvalue weighted by Gasteiger charge is -2.31. The van der Waals surface area contributed by atoms with E-state index >= 15 is 0 Å². The molecule has 164 valence electrons. The van der Waals surface area contributed by atoms with Crippen LogP contribution in [0.3, 0.4) is 0 Å². The van der Waals surface area contributed by atoms with Crippen LogP contribution in [0.4, 0.5) is 0 Å². The summed E-state index contributed by atoms with van der Waals surface area (Å²) in [5, 5.41) is 2.91. The van der Waals surface area contributed by atoms with Crippen molar-refractivity contribution >= 4 is 34.8 Å². The zero-order chi connectivity index (χ0) is 21.4. The van der Waals surface area contributed by atoms with Gasteiger partial charge in [-0.3, -0.25) is 14.6 Å². The van der Waals surface area contributed by atoms with Crippen LogP contribution in [0.15, 0.2) is 36.7 Å². The highest BCUT2D eigenvalue weighted by atomic mass is 35.5. The van der Waals surface area contributed by atoms with Crippen LogP contribution in [0.25, 0.3) is 10.4 Å². The summed E-state index contributed by atoms with van der Waals surface area (Å²) in [5.41, 5.74) is 0.979. The molecule has 3 aliphatic rings. The number of rotatable bonds is 5. The monoisotopic (exact) mass is 459 g/mol. The predicted molar refractivity (Wildman–Crippen MR) is 120 cm³/mol. The van der Waals surface area contributed by atoms with Gasteiger partial charge in [0.2, 0.25) is 5.91 Å². The maximum absolute atomic E-state index is 13.6. The highest BCUT2D eigenvalue weighted by Gasteiger charge is 2.49. The first-order valence-electron chi connectivity index (χ1n) is 11.0. The number of amides is 2. The number of ether oxygens (including phenoxy) is 1. The van der Waals surface area contributed by atoms with Gasteiger partial charge in [-0.15, -0.1) is 22.9 Å². The number of likely N-dealkylation sites (tertiary alicyclic amines) is 1. The first-order valence-corrected chi connectivity index (χ1v) is 12.2. The Balaban J connectivity index is 1.34. The van der Waals surface area contributed by atoms with Crippen LogP contribution in [0.1, 0.15) is 41.8 Å². The third-order valence-electron chi connectivity index (χ3n) is 6.71. The molecule has 2 saturated heterocycles. The molecule has 2 aromatic heterocycles. The number of pyridine rings is 1. The number of halogens is 1. The molecular weight excluding hydrogens is 434 g/mol. The zero-order valence-electron chi connectivity index (χ0n) is 17.2. The average Bonchev–Trinajstić information content (AvgIpc) is 3.58. The quantitative estimate of drug-likeness (QED) is 0.692. The van der Waals surface area contributed by atoms with E-state index in [9.17, 15) is 9.59 Å². The molecule has 0 aromatic carbocycles. The van der Waals surface area contributed by atoms with Crippen LogP contribution in [0, 0.1) is 5.92 Å². The smallest absolute Gasteiger partial charge is 0.262 e. The van der Waals surface area contributed by atoms with E-state index in [0.29, 0.717) is 18.0 Å². The van der Waals surface area contributed by atoms with Crippen molar-refractivity contribution in [1.82, 2.24) is 15.2 Å². The largest absolute Gasteiger partial charge is 0.374 e. The Bertz CT molecular complexity index is 947. The number of carbonyl (C=O) groups excluding carboxylic acids is 2. The fraction of sp³-hybridized carbons (Fsp3) is 0.522. The summed E-state index contributed by atoms with van der Waals surface area (Å²) in [5.74, 6) is -0.0245. The summed E-state index contributed by atoms with van der Waals surface area (Å²) < 4.78 is 5.75. The van der Waals surface area contributed by atoms with E-state index in [0.717, 1.165) is 42.5 Å². The first-order chi connectivity index (χ1) is 15.1. The van der Waals surface area contributed by atoms with Crippen LogP contribution >= 0.6 is 22.9 Å². The second-order valence-corrected chi connectivity index (χ2v) is 10.2. The van der Waals surface area contributed by atoms with Gasteiger partial charge >= 0.3 is 0 Å². The summed E-state index contributed by atoms with van der Waals surface area (Å²) >= 11 is 7.89. The molecule has 5 rings (SSSR count). The summed E-state index contributed by atoms with van der Waals surface area (Å²) in [6.45, 7) is 1.12. The molecule has 0 spiro atoms. The molecule has 1 saturated carbocycles. The SMILES string of the molecule is O=C(N[C@H](C(=O)N1C[C@H](Cl)[C@H]2OCC[C@H]21)C1CCCC1)c1ccc(-c2cccnc2)s1. The molecule has 1 N–H and O–H groups in total. The molecule has 8 heteroatoms. The van der Waals surface area contributed by atoms with Crippen molar-refractivity contribution in [3.05, 3.63) is 41.5 Å². The molecule has 6 nitrogen and oxygen atoms in total. The van der Waals surface area contributed by atoms with E-state index in [1.807, 2.05) is 29.2 Å². The van der Waals surface area contributed by atoms with Gasteiger partial charge in [-0.25, -0.2) is 0 Å². The van der Waals surface area contributed by atoms with Crippen molar-refractivity contribution in [2.75, 3.05) is 13.2 Å². The Kier molecular flexibility index (Phi) is 5.99. The van der Waals surface area contributed by atoms with Crippen molar-refractivity contribution < 1.29 is 14.3 Å². The lowest BCUT2D eigenvalue weighted by molar-refractivity contribution is -0.135. The Labute approximate surface area is 190 Å². The minimum absolute atomic E-state index is 0.00654. The number of alkyl halides is 1. The van der Waals surface area contributed by atoms with Crippen molar-refractivity contribution in [1.29, 1.82) is 0 Å². The fourth-order valence-corrected chi connectivity index (χ4v) is 6.43. The Morgan fingerprint density at radius 3 is 2.84 bits per heavy atom. The third kappa shape index (κ3) is 4.11. The second-order valence-electron chi connectivity index (χ2n) is 8.60. The van der Waals surface area contributed by atoms with Gasteiger partial charge < -0.3 is 15.0 Å². The lowest BCUT2D eigenvalue weighted by Crippen LogP contribution is -2.53. The van der Waals surface area contributed by atoms with Crippen LogP contribution in [-0.2, 0) is 9.53 Å². The second kappa shape index (κ2) is 8.88. The summed E-state index contributed by atoms with van der Waals surface area (Å²) in [6, 6.07) is 7.12. The van der Waals surface area contributed by atoms with Gasteiger partial charge in [-0.05, 0) is 43.4 Å². The minimum atomic E-state index is -0.512. The average molecular weight is 460 g/mol. The topological polar surface area (TPSA) is 71.5 Å².